The van der Waals surface area contributed by atoms with Gasteiger partial charge >= 0.3 is 0 Å². The second-order valence-corrected chi connectivity index (χ2v) is 9.38. The van der Waals surface area contributed by atoms with Crippen molar-refractivity contribution >= 4 is 44.1 Å². The van der Waals surface area contributed by atoms with Crippen molar-refractivity contribution in [1.82, 2.24) is 9.55 Å². The van der Waals surface area contributed by atoms with Gasteiger partial charge in [-0.2, -0.15) is 0 Å². The number of rotatable bonds is 9. The van der Waals surface area contributed by atoms with E-state index in [9.17, 15) is 9.59 Å². The summed E-state index contributed by atoms with van der Waals surface area (Å²) in [5.74, 6) is 1.24. The van der Waals surface area contributed by atoms with Gasteiger partial charge in [-0.3, -0.25) is 14.2 Å². The summed E-state index contributed by atoms with van der Waals surface area (Å²) < 4.78 is 6.55. The molecule has 3 rings (SSSR count). The highest BCUT2D eigenvalue weighted by Crippen LogP contribution is 2.39. The van der Waals surface area contributed by atoms with Crippen LogP contribution < -0.4 is 10.9 Å². The molecule has 1 N–H and O–H groups in total. The number of benzene rings is 1. The minimum atomic E-state index is -0.125. The minimum absolute atomic E-state index is 0.00796. The Morgan fingerprint density at radius 1 is 1.41 bits per heavy atom. The Labute approximate surface area is 166 Å². The number of unbranched alkanes of at least 4 members (excludes halogenated alkanes) is 1. The lowest BCUT2D eigenvalue weighted by Crippen LogP contribution is -2.22. The highest BCUT2D eigenvalue weighted by atomic mass is 33.1. The number of ether oxygens (including phenoxy) is 1. The van der Waals surface area contributed by atoms with Crippen LogP contribution in [-0.4, -0.2) is 40.2 Å². The van der Waals surface area contributed by atoms with E-state index >= 15 is 0 Å². The molecule has 1 aromatic heterocycles. The van der Waals surface area contributed by atoms with E-state index in [2.05, 4.69) is 10.3 Å². The van der Waals surface area contributed by atoms with Crippen molar-refractivity contribution in [2.75, 3.05) is 24.8 Å². The van der Waals surface area contributed by atoms with Crippen molar-refractivity contribution in [2.24, 2.45) is 0 Å². The Hall–Kier alpha value is -1.51. The summed E-state index contributed by atoms with van der Waals surface area (Å²) in [6.45, 7) is 0.897. The van der Waals surface area contributed by atoms with E-state index in [1.165, 1.54) is 29.5 Å². The molecule has 0 aliphatic carbocycles. The van der Waals surface area contributed by atoms with Crippen LogP contribution in [0.25, 0.3) is 10.9 Å². The lowest BCUT2D eigenvalue weighted by atomic mass is 10.1. The Balaban J connectivity index is 1.56. The first-order valence-corrected chi connectivity index (χ1v) is 11.6. The zero-order chi connectivity index (χ0) is 19.1. The van der Waals surface area contributed by atoms with Crippen molar-refractivity contribution in [1.29, 1.82) is 0 Å². The third-order valence-corrected chi connectivity index (χ3v) is 7.56. The maximum Gasteiger partial charge on any atom is 0.261 e. The molecule has 0 spiro atoms. The molecule has 0 saturated carbocycles. The van der Waals surface area contributed by atoms with E-state index < -0.39 is 0 Å². The number of anilines is 1. The number of fused-ring (bicyclic) bond motifs is 1. The van der Waals surface area contributed by atoms with Crippen LogP contribution in [0.4, 0.5) is 5.69 Å². The monoisotopic (exact) mass is 407 g/mol. The molecule has 27 heavy (non-hydrogen) atoms. The molecule has 1 atom stereocenters. The summed E-state index contributed by atoms with van der Waals surface area (Å²) in [4.78, 5) is 29.1. The number of methoxy groups -OCH3 is 1. The first kappa shape index (κ1) is 20.2. The summed E-state index contributed by atoms with van der Waals surface area (Å²) in [6.07, 6.45) is 6.49. The van der Waals surface area contributed by atoms with Crippen LogP contribution in [0.15, 0.2) is 29.3 Å². The van der Waals surface area contributed by atoms with E-state index in [1.54, 1.807) is 25.3 Å². The third kappa shape index (κ3) is 5.73. The van der Waals surface area contributed by atoms with Crippen molar-refractivity contribution in [3.05, 3.63) is 34.9 Å². The number of nitrogens with zero attached hydrogens (tertiary/aromatic N) is 2. The van der Waals surface area contributed by atoms with Gasteiger partial charge in [-0.15, -0.1) is 0 Å². The molecule has 0 unspecified atom stereocenters. The third-order valence-electron chi connectivity index (χ3n) is 4.55. The summed E-state index contributed by atoms with van der Waals surface area (Å²) in [5.41, 5.74) is 1.14. The zero-order valence-electron chi connectivity index (χ0n) is 15.5. The smallest absolute Gasteiger partial charge is 0.261 e. The van der Waals surface area contributed by atoms with Gasteiger partial charge in [0, 0.05) is 30.2 Å². The van der Waals surface area contributed by atoms with Crippen LogP contribution in [0, 0.1) is 0 Å². The lowest BCUT2D eigenvalue weighted by molar-refractivity contribution is -0.116. The van der Waals surface area contributed by atoms with Crippen LogP contribution in [-0.2, 0) is 16.1 Å². The van der Waals surface area contributed by atoms with Crippen LogP contribution in [0.3, 0.4) is 0 Å². The molecule has 2 aromatic rings. The van der Waals surface area contributed by atoms with Crippen LogP contribution in [0.2, 0.25) is 0 Å². The summed E-state index contributed by atoms with van der Waals surface area (Å²) >= 11 is 0. The highest BCUT2D eigenvalue weighted by molar-refractivity contribution is 8.77. The summed E-state index contributed by atoms with van der Waals surface area (Å²) in [6, 6.07) is 5.26. The average Bonchev–Trinajstić information content (AvgIpc) is 3.19. The van der Waals surface area contributed by atoms with Crippen molar-refractivity contribution < 1.29 is 9.53 Å². The van der Waals surface area contributed by atoms with Crippen LogP contribution in [0.5, 0.6) is 0 Å². The second kappa shape index (κ2) is 10.1. The number of nitrogens with one attached hydrogen (secondary N) is 1. The van der Waals surface area contributed by atoms with Gasteiger partial charge in [0.2, 0.25) is 5.91 Å². The van der Waals surface area contributed by atoms with Crippen molar-refractivity contribution in [3.8, 4) is 0 Å². The van der Waals surface area contributed by atoms with Gasteiger partial charge in [0.05, 0.1) is 30.4 Å². The Morgan fingerprint density at radius 2 is 2.30 bits per heavy atom. The fraction of sp³-hybridized carbons (Fsp3) is 0.526. The van der Waals surface area contributed by atoms with E-state index in [1.807, 2.05) is 21.6 Å². The molecule has 1 aliphatic heterocycles. The van der Waals surface area contributed by atoms with Crippen LogP contribution in [0.1, 0.15) is 32.1 Å². The van der Waals surface area contributed by atoms with Gasteiger partial charge in [0.25, 0.3) is 5.56 Å². The normalized spacial score (nSPS) is 16.7. The van der Waals surface area contributed by atoms with E-state index in [4.69, 9.17) is 4.74 Å². The van der Waals surface area contributed by atoms with Crippen molar-refractivity contribution in [2.45, 2.75) is 43.9 Å². The molecule has 0 bridgehead atoms. The Morgan fingerprint density at radius 3 is 3.07 bits per heavy atom. The number of hydrogen-bond donors (Lipinski definition) is 1. The molecule has 1 aromatic carbocycles. The maximum absolute atomic E-state index is 12.6. The number of amides is 1. The predicted octanol–water partition coefficient (Wildman–Crippen LogP) is 3.70. The van der Waals surface area contributed by atoms with Crippen LogP contribution >= 0.6 is 21.6 Å². The first-order chi connectivity index (χ1) is 13.2. The van der Waals surface area contributed by atoms with Gasteiger partial charge in [-0.05, 0) is 37.5 Å². The van der Waals surface area contributed by atoms with Crippen molar-refractivity contribution in [3.63, 3.8) is 0 Å². The molecule has 1 fully saturated rings. The zero-order valence-corrected chi connectivity index (χ0v) is 17.1. The number of hydrogen-bond acceptors (Lipinski definition) is 6. The summed E-state index contributed by atoms with van der Waals surface area (Å²) in [7, 11) is 5.53. The van der Waals surface area contributed by atoms with E-state index in [0.717, 1.165) is 18.1 Å². The molecule has 6 nitrogen and oxygen atoms in total. The molecular formula is C19H25N3O3S2. The number of carbonyl (C=O) groups is 1. The molecule has 8 heteroatoms. The van der Waals surface area contributed by atoms with Gasteiger partial charge in [0.1, 0.15) is 0 Å². The Bertz CT molecular complexity index is 835. The molecule has 146 valence electrons. The number of aromatic nitrogens is 2. The van der Waals surface area contributed by atoms with Gasteiger partial charge < -0.3 is 10.1 Å². The molecule has 1 amide bonds. The molecule has 0 radical (unpaired) electrons. The summed E-state index contributed by atoms with van der Waals surface area (Å²) in [5, 5.41) is 4.16. The number of carbonyl (C=O) groups excluding carboxylic acids is 1. The average molecular weight is 408 g/mol. The van der Waals surface area contributed by atoms with Gasteiger partial charge in [0.15, 0.2) is 0 Å². The largest absolute Gasteiger partial charge is 0.383 e. The Kier molecular flexibility index (Phi) is 7.60. The molecule has 1 saturated heterocycles. The fourth-order valence-corrected chi connectivity index (χ4v) is 6.06. The quantitative estimate of drug-likeness (QED) is 0.505. The van der Waals surface area contributed by atoms with Gasteiger partial charge in [-0.1, -0.05) is 28.0 Å². The predicted molar refractivity (Wildman–Crippen MR) is 113 cm³/mol. The fourth-order valence-electron chi connectivity index (χ4n) is 3.03. The molecule has 2 heterocycles. The minimum Gasteiger partial charge on any atom is -0.383 e. The lowest BCUT2D eigenvalue weighted by Gasteiger charge is -2.09. The molecular weight excluding hydrogens is 382 g/mol. The molecule has 1 aliphatic rings. The standard InChI is InChI=1S/C19H25N3O3S2/c1-25-10-9-22-13-20-17-7-6-14(12-16(17)19(22)24)21-18(23)5-3-2-4-15-8-11-26-27-15/h6-7,12-13,15H,2-5,8-11H2,1H3,(H,21,23)/t15-/m1/s1. The highest BCUT2D eigenvalue weighted by Gasteiger charge is 2.16. The topological polar surface area (TPSA) is 73.2 Å². The first-order valence-electron chi connectivity index (χ1n) is 9.23. The van der Waals surface area contributed by atoms with Gasteiger partial charge in [-0.25, -0.2) is 4.98 Å². The van der Waals surface area contributed by atoms with E-state index in [-0.39, 0.29) is 11.5 Å². The van der Waals surface area contributed by atoms with E-state index in [0.29, 0.717) is 36.2 Å². The SMILES string of the molecule is COCCn1cnc2ccc(NC(=O)CCCC[C@@H]3CCSS3)cc2c1=O. The maximum atomic E-state index is 12.6. The second-order valence-electron chi connectivity index (χ2n) is 6.59.